The lowest BCUT2D eigenvalue weighted by molar-refractivity contribution is -0.137. The number of rotatable bonds is 5. The van der Waals surface area contributed by atoms with Gasteiger partial charge in [-0.3, -0.25) is 0 Å². The first-order chi connectivity index (χ1) is 17.9. The first-order valence-electron chi connectivity index (χ1n) is 12.7. The molecular formula is C26H30F3N7O. The SMILES string of the molecule is CN1CCC[C@H]1COc1nc2c(c(N3CCn4cncc4C3)n1)CCN(c1ccccc1C(F)(F)F)C2. The Bertz CT molecular complexity index is 1280. The van der Waals surface area contributed by atoms with E-state index in [0.29, 0.717) is 38.2 Å². The maximum Gasteiger partial charge on any atom is 0.418 e. The zero-order chi connectivity index (χ0) is 25.6. The number of likely N-dealkylation sites (N-methyl/N-ethyl adjacent to an activating group) is 1. The summed E-state index contributed by atoms with van der Waals surface area (Å²) in [5.74, 6) is 0.816. The van der Waals surface area contributed by atoms with E-state index in [9.17, 15) is 13.2 Å². The highest BCUT2D eigenvalue weighted by atomic mass is 19.4. The number of fused-ring (bicyclic) bond motifs is 2. The number of ether oxygens (including phenoxy) is 1. The topological polar surface area (TPSA) is 62.6 Å². The lowest BCUT2D eigenvalue weighted by Gasteiger charge is -2.36. The molecule has 1 saturated heterocycles. The third kappa shape index (κ3) is 4.72. The molecule has 3 aliphatic heterocycles. The van der Waals surface area contributed by atoms with Gasteiger partial charge in [-0.05, 0) is 45.0 Å². The molecule has 0 unspecified atom stereocenters. The summed E-state index contributed by atoms with van der Waals surface area (Å²) in [7, 11) is 2.09. The second kappa shape index (κ2) is 9.51. The summed E-state index contributed by atoms with van der Waals surface area (Å²) in [4.78, 5) is 20.1. The summed E-state index contributed by atoms with van der Waals surface area (Å²) in [6.07, 6.45) is 2.03. The van der Waals surface area contributed by atoms with Crippen molar-refractivity contribution in [2.75, 3.05) is 43.1 Å². The lowest BCUT2D eigenvalue weighted by atomic mass is 10.0. The Kier molecular flexibility index (Phi) is 6.18. The number of likely N-dealkylation sites (tertiary alicyclic amines) is 1. The molecule has 2 aromatic heterocycles. The van der Waals surface area contributed by atoms with Gasteiger partial charge in [-0.1, -0.05) is 12.1 Å². The molecule has 3 aromatic rings. The lowest BCUT2D eigenvalue weighted by Crippen LogP contribution is -2.38. The van der Waals surface area contributed by atoms with Gasteiger partial charge in [-0.25, -0.2) is 4.98 Å². The van der Waals surface area contributed by atoms with E-state index < -0.39 is 11.7 Å². The molecule has 0 radical (unpaired) electrons. The van der Waals surface area contributed by atoms with Crippen LogP contribution in [0.5, 0.6) is 6.01 Å². The quantitative estimate of drug-likeness (QED) is 0.515. The van der Waals surface area contributed by atoms with Gasteiger partial charge in [-0.2, -0.15) is 23.1 Å². The van der Waals surface area contributed by atoms with Crippen LogP contribution in [0.15, 0.2) is 36.8 Å². The predicted molar refractivity (Wildman–Crippen MR) is 133 cm³/mol. The van der Waals surface area contributed by atoms with Crippen molar-refractivity contribution in [2.24, 2.45) is 0 Å². The third-order valence-electron chi connectivity index (χ3n) is 7.71. The highest BCUT2D eigenvalue weighted by Gasteiger charge is 2.36. The molecule has 0 aliphatic carbocycles. The smallest absolute Gasteiger partial charge is 0.418 e. The molecule has 37 heavy (non-hydrogen) atoms. The van der Waals surface area contributed by atoms with Crippen LogP contribution in [0.25, 0.3) is 0 Å². The largest absolute Gasteiger partial charge is 0.462 e. The number of anilines is 2. The molecule has 5 heterocycles. The zero-order valence-corrected chi connectivity index (χ0v) is 20.8. The number of imidazole rings is 1. The summed E-state index contributed by atoms with van der Waals surface area (Å²) in [6, 6.07) is 6.35. The van der Waals surface area contributed by atoms with Crippen LogP contribution in [0.3, 0.4) is 0 Å². The predicted octanol–water partition coefficient (Wildman–Crippen LogP) is 3.75. The molecule has 196 valence electrons. The van der Waals surface area contributed by atoms with Gasteiger partial charge in [-0.15, -0.1) is 0 Å². The number of halogens is 3. The molecule has 0 spiro atoms. The van der Waals surface area contributed by atoms with Crippen molar-refractivity contribution in [2.45, 2.75) is 51.1 Å². The Labute approximate surface area is 213 Å². The van der Waals surface area contributed by atoms with E-state index in [0.717, 1.165) is 61.3 Å². The number of aromatic nitrogens is 4. The Morgan fingerprint density at radius 3 is 2.70 bits per heavy atom. The normalized spacial score (nSPS) is 20.2. The van der Waals surface area contributed by atoms with Crippen molar-refractivity contribution in [3.05, 3.63) is 59.3 Å². The highest BCUT2D eigenvalue weighted by Crippen LogP contribution is 2.39. The van der Waals surface area contributed by atoms with Crippen LogP contribution in [0, 0.1) is 0 Å². The van der Waals surface area contributed by atoms with Gasteiger partial charge < -0.3 is 24.0 Å². The van der Waals surface area contributed by atoms with Gasteiger partial charge in [0.1, 0.15) is 12.4 Å². The summed E-state index contributed by atoms with van der Waals surface area (Å²) in [6.45, 7) is 4.47. The summed E-state index contributed by atoms with van der Waals surface area (Å²) >= 11 is 0. The van der Waals surface area contributed by atoms with E-state index >= 15 is 0 Å². The van der Waals surface area contributed by atoms with Crippen LogP contribution >= 0.6 is 0 Å². The average Bonchev–Trinajstić information content (AvgIpc) is 3.54. The van der Waals surface area contributed by atoms with Crippen LogP contribution in [0.2, 0.25) is 0 Å². The molecule has 1 fully saturated rings. The molecule has 11 heteroatoms. The Morgan fingerprint density at radius 1 is 1.03 bits per heavy atom. The molecular weight excluding hydrogens is 483 g/mol. The van der Waals surface area contributed by atoms with Crippen molar-refractivity contribution in [1.82, 2.24) is 24.4 Å². The molecule has 1 aromatic carbocycles. The maximum absolute atomic E-state index is 13.8. The zero-order valence-electron chi connectivity index (χ0n) is 20.8. The van der Waals surface area contributed by atoms with Gasteiger partial charge in [0.15, 0.2) is 0 Å². The average molecular weight is 514 g/mol. The Morgan fingerprint density at radius 2 is 1.89 bits per heavy atom. The third-order valence-corrected chi connectivity index (χ3v) is 7.71. The van der Waals surface area contributed by atoms with E-state index in [-0.39, 0.29) is 12.2 Å². The standard InChI is InChI=1S/C26H30F3N7O/c1-33-9-4-5-18(33)16-37-25-31-22-15-34(23-7-3-2-6-21(23)26(27,28)29)10-8-20(22)24(32-25)35-11-12-36-17-30-13-19(36)14-35/h2-3,6-7,13,17-18H,4-5,8-12,14-16H2,1H3/t18-/m0/s1. The number of nitrogens with zero attached hydrogens (tertiary/aromatic N) is 7. The summed E-state index contributed by atoms with van der Waals surface area (Å²) < 4.78 is 49.5. The summed E-state index contributed by atoms with van der Waals surface area (Å²) in [5, 5.41) is 0. The number of hydrogen-bond acceptors (Lipinski definition) is 7. The van der Waals surface area contributed by atoms with E-state index in [1.807, 2.05) is 12.5 Å². The molecule has 0 amide bonds. The number of alkyl halides is 3. The Balaban J connectivity index is 1.33. The van der Waals surface area contributed by atoms with E-state index in [2.05, 4.69) is 26.4 Å². The molecule has 0 N–H and O–H groups in total. The van der Waals surface area contributed by atoms with Crippen molar-refractivity contribution in [3.8, 4) is 6.01 Å². The minimum atomic E-state index is -4.42. The molecule has 1 atom stereocenters. The minimum absolute atomic E-state index is 0.178. The second-order valence-corrected chi connectivity index (χ2v) is 10.0. The van der Waals surface area contributed by atoms with Gasteiger partial charge in [0.05, 0.1) is 36.4 Å². The highest BCUT2D eigenvalue weighted by molar-refractivity contribution is 5.59. The number of para-hydroxylation sites is 1. The molecule has 3 aliphatic rings. The van der Waals surface area contributed by atoms with E-state index in [1.165, 1.54) is 12.1 Å². The monoisotopic (exact) mass is 513 g/mol. The van der Waals surface area contributed by atoms with Crippen LogP contribution in [-0.2, 0) is 32.2 Å². The minimum Gasteiger partial charge on any atom is -0.462 e. The molecule has 6 rings (SSSR count). The van der Waals surface area contributed by atoms with Gasteiger partial charge >= 0.3 is 12.2 Å². The van der Waals surface area contributed by atoms with E-state index in [4.69, 9.17) is 14.7 Å². The summed E-state index contributed by atoms with van der Waals surface area (Å²) in [5.41, 5.74) is 2.36. The van der Waals surface area contributed by atoms with Gasteiger partial charge in [0, 0.05) is 43.1 Å². The van der Waals surface area contributed by atoms with Crippen LogP contribution < -0.4 is 14.5 Å². The van der Waals surface area contributed by atoms with Crippen LogP contribution in [-0.4, -0.2) is 63.7 Å². The van der Waals surface area contributed by atoms with Crippen molar-refractivity contribution < 1.29 is 17.9 Å². The van der Waals surface area contributed by atoms with Crippen molar-refractivity contribution in [3.63, 3.8) is 0 Å². The first-order valence-corrected chi connectivity index (χ1v) is 12.7. The van der Waals surface area contributed by atoms with Crippen molar-refractivity contribution in [1.29, 1.82) is 0 Å². The Hall–Kier alpha value is -3.34. The maximum atomic E-state index is 13.8. The fourth-order valence-corrected chi connectivity index (χ4v) is 5.63. The van der Waals surface area contributed by atoms with Crippen molar-refractivity contribution >= 4 is 11.5 Å². The number of hydrogen-bond donors (Lipinski definition) is 0. The fourth-order valence-electron chi connectivity index (χ4n) is 5.63. The van der Waals surface area contributed by atoms with Crippen LogP contribution in [0.4, 0.5) is 24.7 Å². The molecule has 8 nitrogen and oxygen atoms in total. The van der Waals surface area contributed by atoms with Gasteiger partial charge in [0.25, 0.3) is 0 Å². The number of benzene rings is 1. The van der Waals surface area contributed by atoms with Gasteiger partial charge in [0.2, 0.25) is 0 Å². The fraction of sp³-hybridized carbons (Fsp3) is 0.500. The van der Waals surface area contributed by atoms with E-state index in [1.54, 1.807) is 11.0 Å². The second-order valence-electron chi connectivity index (χ2n) is 10.0. The van der Waals surface area contributed by atoms with Crippen LogP contribution in [0.1, 0.15) is 35.4 Å². The molecule has 0 bridgehead atoms. The first kappa shape index (κ1) is 24.0. The molecule has 0 saturated carbocycles.